The minimum Gasteiger partial charge on any atom is -0.490 e. The van der Waals surface area contributed by atoms with Crippen molar-refractivity contribution >= 4 is 17.6 Å². The molecule has 2 aliphatic rings. The lowest BCUT2D eigenvalue weighted by molar-refractivity contribution is -0.192. The van der Waals surface area contributed by atoms with E-state index in [0.29, 0.717) is 22.1 Å². The SMILES string of the molecule is N#Cc1ccc(OC2CC3(CNC3)C2)cc1Cl.O=C(O)C(F)(F)F. The Hall–Kier alpha value is -1.98. The smallest absolute Gasteiger partial charge is 0.490 e. The van der Waals surface area contributed by atoms with Crippen molar-refractivity contribution < 1.29 is 27.8 Å². The molecule has 5 nitrogen and oxygen atoms in total. The molecule has 0 atom stereocenters. The number of hydrogen-bond acceptors (Lipinski definition) is 4. The predicted octanol–water partition coefficient (Wildman–Crippen LogP) is 2.98. The van der Waals surface area contributed by atoms with Crippen molar-refractivity contribution in [3.8, 4) is 11.8 Å². The molecule has 2 fully saturated rings. The number of alkyl halides is 3. The zero-order valence-corrected chi connectivity index (χ0v) is 13.1. The number of nitriles is 1. The van der Waals surface area contributed by atoms with Gasteiger partial charge in [0.05, 0.1) is 16.7 Å². The number of hydrogen-bond donors (Lipinski definition) is 2. The van der Waals surface area contributed by atoms with Gasteiger partial charge in [0.25, 0.3) is 0 Å². The van der Waals surface area contributed by atoms with E-state index < -0.39 is 12.1 Å². The number of halogens is 4. The minimum absolute atomic E-state index is 0.307. The molecule has 0 aromatic heterocycles. The third kappa shape index (κ3) is 4.30. The van der Waals surface area contributed by atoms with Gasteiger partial charge in [-0.25, -0.2) is 4.79 Å². The topological polar surface area (TPSA) is 82.3 Å². The van der Waals surface area contributed by atoms with Crippen LogP contribution >= 0.6 is 11.6 Å². The zero-order chi connectivity index (χ0) is 18.0. The van der Waals surface area contributed by atoms with Crippen LogP contribution in [0.3, 0.4) is 0 Å². The van der Waals surface area contributed by atoms with Crippen molar-refractivity contribution in [3.05, 3.63) is 28.8 Å². The third-order valence-electron chi connectivity index (χ3n) is 3.93. The van der Waals surface area contributed by atoms with Crippen molar-refractivity contribution in [2.24, 2.45) is 5.41 Å². The Morgan fingerprint density at radius 2 is 2.00 bits per heavy atom. The third-order valence-corrected chi connectivity index (χ3v) is 4.24. The van der Waals surface area contributed by atoms with E-state index in [2.05, 4.69) is 5.32 Å². The summed E-state index contributed by atoms with van der Waals surface area (Å²) in [6.45, 7) is 2.25. The Morgan fingerprint density at radius 1 is 1.42 bits per heavy atom. The Bertz CT molecular complexity index is 661. The first-order chi connectivity index (χ1) is 11.1. The van der Waals surface area contributed by atoms with Crippen molar-refractivity contribution in [2.45, 2.75) is 25.1 Å². The van der Waals surface area contributed by atoms with E-state index in [0.717, 1.165) is 31.7 Å². The Balaban J connectivity index is 0.000000256. The van der Waals surface area contributed by atoms with Gasteiger partial charge in [-0.3, -0.25) is 0 Å². The molecule has 0 radical (unpaired) electrons. The van der Waals surface area contributed by atoms with Crippen LogP contribution in [0.15, 0.2) is 18.2 Å². The Morgan fingerprint density at radius 3 is 2.38 bits per heavy atom. The fraction of sp³-hybridized carbons (Fsp3) is 0.467. The molecule has 1 aliphatic heterocycles. The summed E-state index contributed by atoms with van der Waals surface area (Å²) >= 11 is 5.96. The summed E-state index contributed by atoms with van der Waals surface area (Å²) < 4.78 is 37.6. The molecule has 0 unspecified atom stereocenters. The Labute approximate surface area is 141 Å². The van der Waals surface area contributed by atoms with E-state index in [9.17, 15) is 13.2 Å². The first-order valence-corrected chi connectivity index (χ1v) is 7.40. The largest absolute Gasteiger partial charge is 0.490 e. The zero-order valence-electron chi connectivity index (χ0n) is 12.4. The van der Waals surface area contributed by atoms with Crippen LogP contribution in [0.4, 0.5) is 13.2 Å². The number of carboxylic acids is 1. The number of carboxylic acid groups (broad SMARTS) is 1. The van der Waals surface area contributed by atoms with Gasteiger partial charge in [0.15, 0.2) is 0 Å². The maximum atomic E-state index is 10.6. The quantitative estimate of drug-likeness (QED) is 0.845. The van der Waals surface area contributed by atoms with Gasteiger partial charge in [0.2, 0.25) is 0 Å². The van der Waals surface area contributed by atoms with Crippen molar-refractivity contribution in [2.75, 3.05) is 13.1 Å². The van der Waals surface area contributed by atoms with Gasteiger partial charge in [-0.2, -0.15) is 18.4 Å². The maximum Gasteiger partial charge on any atom is 0.490 e. The molecule has 3 rings (SSSR count). The molecular formula is C15H14ClF3N2O3. The molecule has 1 aromatic carbocycles. The van der Waals surface area contributed by atoms with Crippen molar-refractivity contribution in [3.63, 3.8) is 0 Å². The number of nitrogens with one attached hydrogen (secondary N) is 1. The molecule has 1 saturated heterocycles. The second kappa shape index (κ2) is 6.87. The molecule has 1 aliphatic carbocycles. The molecule has 1 aromatic rings. The summed E-state index contributed by atoms with van der Waals surface area (Å²) in [4.78, 5) is 8.90. The van der Waals surface area contributed by atoms with Gasteiger partial charge in [-0.15, -0.1) is 0 Å². The lowest BCUT2D eigenvalue weighted by Gasteiger charge is -2.53. The lowest BCUT2D eigenvalue weighted by Crippen LogP contribution is -2.62. The van der Waals surface area contributed by atoms with Gasteiger partial charge >= 0.3 is 12.1 Å². The van der Waals surface area contributed by atoms with Crippen LogP contribution in [0.1, 0.15) is 18.4 Å². The molecule has 0 amide bonds. The Kier molecular flexibility index (Phi) is 5.26. The van der Waals surface area contributed by atoms with E-state index in [-0.39, 0.29) is 0 Å². The van der Waals surface area contributed by atoms with Crippen molar-refractivity contribution in [1.29, 1.82) is 5.26 Å². The average molecular weight is 363 g/mol. The van der Waals surface area contributed by atoms with Gasteiger partial charge in [0, 0.05) is 24.6 Å². The second-order valence-corrected chi connectivity index (χ2v) is 6.22. The molecule has 2 N–H and O–H groups in total. The van der Waals surface area contributed by atoms with Crippen LogP contribution in [0, 0.1) is 16.7 Å². The normalized spacial score (nSPS) is 18.5. The van der Waals surface area contributed by atoms with Crippen molar-refractivity contribution in [1.82, 2.24) is 5.32 Å². The molecule has 1 saturated carbocycles. The summed E-state index contributed by atoms with van der Waals surface area (Å²) in [5, 5.41) is 19.7. The minimum atomic E-state index is -5.08. The van der Waals surface area contributed by atoms with Gasteiger partial charge in [-0.1, -0.05) is 11.6 Å². The second-order valence-electron chi connectivity index (χ2n) is 5.81. The molecule has 9 heteroatoms. The lowest BCUT2D eigenvalue weighted by atomic mass is 9.63. The van der Waals surface area contributed by atoms with Crippen LogP contribution < -0.4 is 10.1 Å². The number of nitrogens with zero attached hydrogens (tertiary/aromatic N) is 1. The average Bonchev–Trinajstić information content (AvgIpc) is 2.40. The first-order valence-electron chi connectivity index (χ1n) is 7.02. The molecule has 0 bridgehead atoms. The van der Waals surface area contributed by atoms with Crippen LogP contribution in [0.5, 0.6) is 5.75 Å². The van der Waals surface area contributed by atoms with Gasteiger partial charge in [0.1, 0.15) is 11.8 Å². The predicted molar refractivity (Wildman–Crippen MR) is 78.8 cm³/mol. The summed E-state index contributed by atoms with van der Waals surface area (Å²) in [7, 11) is 0. The standard InChI is InChI=1S/C13H13ClN2O.C2HF3O2/c14-12-3-10(2-1-9(12)6-15)17-11-4-13(5-11)7-16-8-13;3-2(4,5)1(6)7/h1-3,11,16H,4-5,7-8H2;(H,6,7). The summed E-state index contributed by atoms with van der Waals surface area (Å²) in [6, 6.07) is 7.28. The number of aliphatic carboxylic acids is 1. The van der Waals surface area contributed by atoms with E-state index in [1.165, 1.54) is 0 Å². The van der Waals surface area contributed by atoms with Crippen LogP contribution in [0.25, 0.3) is 0 Å². The van der Waals surface area contributed by atoms with Crippen LogP contribution in [-0.2, 0) is 4.79 Å². The summed E-state index contributed by atoms with van der Waals surface area (Å²) in [5.74, 6) is -1.99. The highest BCUT2D eigenvalue weighted by molar-refractivity contribution is 6.31. The van der Waals surface area contributed by atoms with Crippen LogP contribution in [-0.4, -0.2) is 36.4 Å². The number of rotatable bonds is 2. The number of ether oxygens (including phenoxy) is 1. The van der Waals surface area contributed by atoms with Crippen LogP contribution in [0.2, 0.25) is 5.02 Å². The number of benzene rings is 1. The van der Waals surface area contributed by atoms with E-state index in [1.807, 2.05) is 12.1 Å². The molecule has 1 heterocycles. The van der Waals surface area contributed by atoms with Gasteiger partial charge in [-0.05, 0) is 25.0 Å². The van der Waals surface area contributed by atoms with E-state index in [1.54, 1.807) is 12.1 Å². The monoisotopic (exact) mass is 362 g/mol. The summed E-state index contributed by atoms with van der Waals surface area (Å²) in [6.07, 6.45) is -2.53. The molecule has 1 spiro atoms. The van der Waals surface area contributed by atoms with Gasteiger partial charge < -0.3 is 15.2 Å². The highest BCUT2D eigenvalue weighted by atomic mass is 35.5. The molecule has 24 heavy (non-hydrogen) atoms. The fourth-order valence-electron chi connectivity index (χ4n) is 2.61. The van der Waals surface area contributed by atoms with E-state index >= 15 is 0 Å². The number of carbonyl (C=O) groups is 1. The highest BCUT2D eigenvalue weighted by Crippen LogP contribution is 2.45. The highest BCUT2D eigenvalue weighted by Gasteiger charge is 2.49. The fourth-order valence-corrected chi connectivity index (χ4v) is 2.82. The molecule has 130 valence electrons. The maximum absolute atomic E-state index is 10.6. The summed E-state index contributed by atoms with van der Waals surface area (Å²) in [5.41, 5.74) is 1.01. The first kappa shape index (κ1) is 18.4. The van der Waals surface area contributed by atoms with E-state index in [4.69, 9.17) is 31.5 Å². The molecular weight excluding hydrogens is 349 g/mol.